The lowest BCUT2D eigenvalue weighted by Crippen LogP contribution is -2.47. The standard InChI is InChI=1S/C15H25N3OS/c1-4-18(13-8-6-5-7-9-13)15(19)16-11(2)14-10-20-12(3)17-14/h10-11,13H,4-9H2,1-3H3,(H,16,19)/t11-/m1/s1. The Hall–Kier alpha value is -1.10. The van der Waals surface area contributed by atoms with Gasteiger partial charge in [0.2, 0.25) is 0 Å². The van der Waals surface area contributed by atoms with Crippen LogP contribution in [-0.2, 0) is 0 Å². The summed E-state index contributed by atoms with van der Waals surface area (Å²) in [5, 5.41) is 6.16. The minimum absolute atomic E-state index is 0.0231. The van der Waals surface area contributed by atoms with Gasteiger partial charge in [0.15, 0.2) is 0 Å². The SMILES string of the molecule is CCN(C(=O)N[C@H](C)c1csc(C)n1)C1CCCCC1. The number of nitrogens with one attached hydrogen (secondary N) is 1. The molecule has 0 spiro atoms. The summed E-state index contributed by atoms with van der Waals surface area (Å²) in [6.45, 7) is 6.83. The van der Waals surface area contributed by atoms with Crippen molar-refractivity contribution in [2.45, 2.75) is 65.0 Å². The number of carbonyl (C=O) groups excluding carboxylic acids is 1. The van der Waals surface area contributed by atoms with Crippen molar-refractivity contribution in [2.75, 3.05) is 6.54 Å². The normalized spacial score (nSPS) is 17.8. The average molecular weight is 295 g/mol. The Morgan fingerprint density at radius 1 is 1.50 bits per heavy atom. The van der Waals surface area contributed by atoms with Crippen LogP contribution in [0.3, 0.4) is 0 Å². The summed E-state index contributed by atoms with van der Waals surface area (Å²) >= 11 is 1.63. The van der Waals surface area contributed by atoms with Crippen molar-refractivity contribution in [3.63, 3.8) is 0 Å². The maximum absolute atomic E-state index is 12.5. The maximum atomic E-state index is 12.5. The van der Waals surface area contributed by atoms with Crippen LogP contribution >= 0.6 is 11.3 Å². The molecule has 1 heterocycles. The highest BCUT2D eigenvalue weighted by Gasteiger charge is 2.25. The van der Waals surface area contributed by atoms with E-state index in [9.17, 15) is 4.79 Å². The summed E-state index contributed by atoms with van der Waals surface area (Å²) in [6, 6.07) is 0.445. The van der Waals surface area contributed by atoms with Crippen LogP contribution in [0.15, 0.2) is 5.38 Å². The molecule has 1 fully saturated rings. The Bertz CT molecular complexity index is 440. The number of amides is 2. The number of nitrogens with zero attached hydrogens (tertiary/aromatic N) is 2. The third-order valence-electron chi connectivity index (χ3n) is 4.04. The predicted octanol–water partition coefficient (Wildman–Crippen LogP) is 3.88. The summed E-state index contributed by atoms with van der Waals surface area (Å²) in [4.78, 5) is 18.9. The van der Waals surface area contributed by atoms with Gasteiger partial charge in [0.1, 0.15) is 0 Å². The number of thiazole rings is 1. The van der Waals surface area contributed by atoms with Crippen LogP contribution < -0.4 is 5.32 Å². The Balaban J connectivity index is 1.94. The van der Waals surface area contributed by atoms with E-state index in [1.807, 2.05) is 24.1 Å². The number of hydrogen-bond acceptors (Lipinski definition) is 3. The molecule has 0 bridgehead atoms. The van der Waals surface area contributed by atoms with Crippen LogP contribution in [0.4, 0.5) is 4.79 Å². The molecule has 0 aromatic carbocycles. The average Bonchev–Trinajstić information content (AvgIpc) is 2.87. The highest BCUT2D eigenvalue weighted by Crippen LogP contribution is 2.23. The Kier molecular flexibility index (Phi) is 5.40. The van der Waals surface area contributed by atoms with Crippen molar-refractivity contribution >= 4 is 17.4 Å². The third kappa shape index (κ3) is 3.72. The molecule has 20 heavy (non-hydrogen) atoms. The largest absolute Gasteiger partial charge is 0.330 e. The number of aromatic nitrogens is 1. The number of carbonyl (C=O) groups is 1. The minimum atomic E-state index is -0.0231. The number of rotatable bonds is 4. The highest BCUT2D eigenvalue weighted by molar-refractivity contribution is 7.09. The molecule has 1 N–H and O–H groups in total. The molecule has 0 radical (unpaired) electrons. The number of urea groups is 1. The van der Waals surface area contributed by atoms with Crippen molar-refractivity contribution in [2.24, 2.45) is 0 Å². The molecule has 2 amide bonds. The number of hydrogen-bond donors (Lipinski definition) is 1. The Morgan fingerprint density at radius 3 is 2.75 bits per heavy atom. The van der Waals surface area contributed by atoms with Gasteiger partial charge in [-0.1, -0.05) is 19.3 Å². The zero-order valence-corrected chi connectivity index (χ0v) is 13.5. The molecular weight excluding hydrogens is 270 g/mol. The first kappa shape index (κ1) is 15.3. The van der Waals surface area contributed by atoms with Crippen molar-refractivity contribution < 1.29 is 4.79 Å². The number of aryl methyl sites for hydroxylation is 1. The van der Waals surface area contributed by atoms with Gasteiger partial charge >= 0.3 is 6.03 Å². The maximum Gasteiger partial charge on any atom is 0.318 e. The lowest BCUT2D eigenvalue weighted by Gasteiger charge is -2.34. The van der Waals surface area contributed by atoms with Gasteiger partial charge in [-0.05, 0) is 33.6 Å². The van der Waals surface area contributed by atoms with Crippen LogP contribution in [0.25, 0.3) is 0 Å². The molecule has 112 valence electrons. The molecule has 0 unspecified atom stereocenters. The summed E-state index contributed by atoms with van der Waals surface area (Å²) in [5.41, 5.74) is 0.959. The van der Waals surface area contributed by atoms with Gasteiger partial charge in [-0.2, -0.15) is 0 Å². The molecule has 0 aliphatic heterocycles. The van der Waals surface area contributed by atoms with Gasteiger partial charge in [-0.25, -0.2) is 9.78 Å². The fourth-order valence-electron chi connectivity index (χ4n) is 2.88. The fraction of sp³-hybridized carbons (Fsp3) is 0.733. The van der Waals surface area contributed by atoms with E-state index >= 15 is 0 Å². The topological polar surface area (TPSA) is 45.2 Å². The van der Waals surface area contributed by atoms with E-state index in [1.54, 1.807) is 11.3 Å². The first-order valence-corrected chi connectivity index (χ1v) is 8.49. The Morgan fingerprint density at radius 2 is 2.20 bits per heavy atom. The van der Waals surface area contributed by atoms with Gasteiger partial charge in [0, 0.05) is 18.0 Å². The van der Waals surface area contributed by atoms with Crippen LogP contribution in [0, 0.1) is 6.92 Å². The minimum Gasteiger partial charge on any atom is -0.330 e. The van der Waals surface area contributed by atoms with Gasteiger partial charge in [0.25, 0.3) is 0 Å². The second-order valence-electron chi connectivity index (χ2n) is 5.54. The molecule has 1 atom stereocenters. The summed E-state index contributed by atoms with van der Waals surface area (Å²) in [7, 11) is 0. The molecule has 1 aromatic heterocycles. The lowest BCUT2D eigenvalue weighted by molar-refractivity contribution is 0.157. The third-order valence-corrected chi connectivity index (χ3v) is 4.83. The highest BCUT2D eigenvalue weighted by atomic mass is 32.1. The lowest BCUT2D eigenvalue weighted by atomic mass is 9.94. The molecule has 5 heteroatoms. The van der Waals surface area contributed by atoms with Crippen molar-refractivity contribution in [3.8, 4) is 0 Å². The first-order chi connectivity index (χ1) is 9.61. The van der Waals surface area contributed by atoms with Crippen molar-refractivity contribution in [1.82, 2.24) is 15.2 Å². The molecule has 1 aromatic rings. The Labute approximate surface area is 125 Å². The quantitative estimate of drug-likeness (QED) is 0.916. The van der Waals surface area contributed by atoms with E-state index in [0.29, 0.717) is 6.04 Å². The molecule has 0 saturated heterocycles. The van der Waals surface area contributed by atoms with Crippen LogP contribution in [-0.4, -0.2) is 28.5 Å². The van der Waals surface area contributed by atoms with E-state index in [2.05, 4.69) is 17.2 Å². The summed E-state index contributed by atoms with van der Waals surface area (Å²) in [6.07, 6.45) is 6.09. The molecular formula is C15H25N3OS. The van der Waals surface area contributed by atoms with E-state index in [0.717, 1.165) is 30.1 Å². The van der Waals surface area contributed by atoms with E-state index in [-0.39, 0.29) is 12.1 Å². The van der Waals surface area contributed by atoms with Gasteiger partial charge in [-0.3, -0.25) is 0 Å². The summed E-state index contributed by atoms with van der Waals surface area (Å²) < 4.78 is 0. The molecule has 1 saturated carbocycles. The monoisotopic (exact) mass is 295 g/mol. The zero-order chi connectivity index (χ0) is 14.5. The van der Waals surface area contributed by atoms with E-state index in [4.69, 9.17) is 0 Å². The van der Waals surface area contributed by atoms with Gasteiger partial charge < -0.3 is 10.2 Å². The molecule has 4 nitrogen and oxygen atoms in total. The van der Waals surface area contributed by atoms with Crippen LogP contribution in [0.5, 0.6) is 0 Å². The molecule has 1 aliphatic carbocycles. The molecule has 2 rings (SSSR count). The second-order valence-corrected chi connectivity index (χ2v) is 6.60. The van der Waals surface area contributed by atoms with Crippen LogP contribution in [0.2, 0.25) is 0 Å². The van der Waals surface area contributed by atoms with Crippen molar-refractivity contribution in [3.05, 3.63) is 16.1 Å². The molecule has 1 aliphatic rings. The summed E-state index contributed by atoms with van der Waals surface area (Å²) in [5.74, 6) is 0. The van der Waals surface area contributed by atoms with Crippen molar-refractivity contribution in [1.29, 1.82) is 0 Å². The first-order valence-electron chi connectivity index (χ1n) is 7.61. The predicted molar refractivity (Wildman–Crippen MR) is 83.1 cm³/mol. The van der Waals surface area contributed by atoms with E-state index in [1.165, 1.54) is 19.3 Å². The second kappa shape index (κ2) is 7.07. The van der Waals surface area contributed by atoms with Gasteiger partial charge in [0.05, 0.1) is 16.7 Å². The smallest absolute Gasteiger partial charge is 0.318 e. The van der Waals surface area contributed by atoms with Crippen LogP contribution in [0.1, 0.15) is 62.7 Å². The zero-order valence-electron chi connectivity index (χ0n) is 12.7. The fourth-order valence-corrected chi connectivity index (χ4v) is 3.59. The van der Waals surface area contributed by atoms with Gasteiger partial charge in [-0.15, -0.1) is 11.3 Å². The van der Waals surface area contributed by atoms with E-state index < -0.39 is 0 Å².